The first-order chi connectivity index (χ1) is 14.1. The van der Waals surface area contributed by atoms with Crippen LogP contribution in [0, 0.1) is 0 Å². The van der Waals surface area contributed by atoms with E-state index in [4.69, 9.17) is 14.2 Å². The molecule has 154 valence electrons. The Balaban J connectivity index is 1.33. The Bertz CT molecular complexity index is 910. The first-order valence-corrected chi connectivity index (χ1v) is 11.1. The van der Waals surface area contributed by atoms with E-state index in [2.05, 4.69) is 5.32 Å². The maximum Gasteiger partial charge on any atom is 0.321 e. The van der Waals surface area contributed by atoms with E-state index in [9.17, 15) is 9.00 Å². The quantitative estimate of drug-likeness (QED) is 0.809. The van der Waals surface area contributed by atoms with Crippen LogP contribution in [0.15, 0.2) is 42.5 Å². The number of rotatable bonds is 5. The molecule has 0 spiro atoms. The molecule has 1 N–H and O–H groups in total. The summed E-state index contributed by atoms with van der Waals surface area (Å²) in [7, 11) is 1.06. The summed E-state index contributed by atoms with van der Waals surface area (Å²) in [4.78, 5) is 14.3. The lowest BCUT2D eigenvalue weighted by atomic mass is 10.1. The summed E-state index contributed by atoms with van der Waals surface area (Å²) in [6.07, 6.45) is 1.56. The molecule has 29 heavy (non-hydrogen) atoms. The van der Waals surface area contributed by atoms with Crippen LogP contribution in [0.1, 0.15) is 18.4 Å². The Kier molecular flexibility index (Phi) is 5.89. The summed E-state index contributed by atoms with van der Waals surface area (Å²) < 4.78 is 28.0. The van der Waals surface area contributed by atoms with E-state index >= 15 is 0 Å². The van der Waals surface area contributed by atoms with E-state index in [1.165, 1.54) is 0 Å². The molecule has 2 heterocycles. The zero-order valence-corrected chi connectivity index (χ0v) is 17.1. The smallest absolute Gasteiger partial charge is 0.321 e. The fourth-order valence-electron chi connectivity index (χ4n) is 3.42. The highest BCUT2D eigenvalue weighted by molar-refractivity contribution is 7.85. The Morgan fingerprint density at radius 1 is 1.17 bits per heavy atom. The zero-order chi connectivity index (χ0) is 20.2. The largest absolute Gasteiger partial charge is 0.489 e. The van der Waals surface area contributed by atoms with E-state index in [0.717, 1.165) is 24.2 Å². The average molecular weight is 416 g/mol. The van der Waals surface area contributed by atoms with Gasteiger partial charge in [0.1, 0.15) is 12.4 Å². The van der Waals surface area contributed by atoms with Crippen molar-refractivity contribution in [3.05, 3.63) is 48.0 Å². The lowest BCUT2D eigenvalue weighted by Crippen LogP contribution is -2.43. The minimum Gasteiger partial charge on any atom is -0.489 e. The average Bonchev–Trinajstić information content (AvgIpc) is 3.20. The second-order valence-electron chi connectivity index (χ2n) is 7.12. The molecule has 7 nitrogen and oxygen atoms in total. The van der Waals surface area contributed by atoms with Crippen molar-refractivity contribution in [1.82, 2.24) is 4.90 Å². The summed E-state index contributed by atoms with van der Waals surface area (Å²) in [5.41, 5.74) is 1.66. The number of fused-ring (bicyclic) bond motifs is 1. The van der Waals surface area contributed by atoms with Gasteiger partial charge in [-0.3, -0.25) is 4.21 Å². The number of ether oxygens (including phenoxy) is 3. The number of benzene rings is 2. The van der Waals surface area contributed by atoms with Gasteiger partial charge in [0.25, 0.3) is 0 Å². The van der Waals surface area contributed by atoms with E-state index in [1.54, 1.807) is 18.0 Å². The van der Waals surface area contributed by atoms with Crippen LogP contribution in [0.4, 0.5) is 10.5 Å². The second-order valence-corrected chi connectivity index (χ2v) is 8.82. The zero-order valence-electron chi connectivity index (χ0n) is 16.3. The van der Waals surface area contributed by atoms with Crippen molar-refractivity contribution in [2.75, 3.05) is 30.7 Å². The van der Waals surface area contributed by atoms with Crippen LogP contribution < -0.4 is 19.5 Å². The van der Waals surface area contributed by atoms with Crippen molar-refractivity contribution in [2.45, 2.75) is 25.5 Å². The van der Waals surface area contributed by atoms with Gasteiger partial charge < -0.3 is 24.4 Å². The van der Waals surface area contributed by atoms with Gasteiger partial charge in [-0.05, 0) is 42.7 Å². The van der Waals surface area contributed by atoms with Gasteiger partial charge in [0, 0.05) is 47.1 Å². The molecule has 0 saturated carbocycles. The Hall–Kier alpha value is -2.74. The number of hydrogen-bond donors (Lipinski definition) is 1. The highest BCUT2D eigenvalue weighted by atomic mass is 32.2. The second kappa shape index (κ2) is 8.73. The number of carbonyl (C=O) groups is 1. The molecule has 0 unspecified atom stereocenters. The van der Waals surface area contributed by atoms with Crippen molar-refractivity contribution >= 4 is 22.5 Å². The normalized spacial score (nSPS) is 20.2. The van der Waals surface area contributed by atoms with Crippen molar-refractivity contribution in [3.63, 3.8) is 0 Å². The summed E-state index contributed by atoms with van der Waals surface area (Å²) in [5.74, 6) is 3.41. The SMILES string of the molecule is CN(C(=O)Nc1cccc(COc2ccc3c(c2)OCO3)c1)C1CCS(=O)CC1. The molecule has 2 amide bonds. The first kappa shape index (κ1) is 19.6. The van der Waals surface area contributed by atoms with E-state index in [-0.39, 0.29) is 18.9 Å². The highest BCUT2D eigenvalue weighted by Crippen LogP contribution is 2.35. The van der Waals surface area contributed by atoms with Crippen molar-refractivity contribution in [2.24, 2.45) is 0 Å². The molecule has 8 heteroatoms. The van der Waals surface area contributed by atoms with Crippen LogP contribution in [0.5, 0.6) is 17.2 Å². The third kappa shape index (κ3) is 4.82. The molecule has 2 aromatic carbocycles. The number of amides is 2. The monoisotopic (exact) mass is 416 g/mol. The molecule has 0 radical (unpaired) electrons. The highest BCUT2D eigenvalue weighted by Gasteiger charge is 2.24. The lowest BCUT2D eigenvalue weighted by Gasteiger charge is -2.31. The van der Waals surface area contributed by atoms with E-state index in [0.29, 0.717) is 35.3 Å². The number of nitrogens with zero attached hydrogens (tertiary/aromatic N) is 1. The van der Waals surface area contributed by atoms with Gasteiger partial charge in [0.15, 0.2) is 11.5 Å². The van der Waals surface area contributed by atoms with Gasteiger partial charge >= 0.3 is 6.03 Å². The Labute approximate surface area is 172 Å². The summed E-state index contributed by atoms with van der Waals surface area (Å²) in [6.45, 7) is 0.599. The number of anilines is 1. The first-order valence-electron chi connectivity index (χ1n) is 9.59. The number of hydrogen-bond acceptors (Lipinski definition) is 5. The van der Waals surface area contributed by atoms with Gasteiger partial charge in [0.2, 0.25) is 6.79 Å². The third-order valence-electron chi connectivity index (χ3n) is 5.15. The van der Waals surface area contributed by atoms with Crippen LogP contribution in [0.2, 0.25) is 0 Å². The van der Waals surface area contributed by atoms with Crippen LogP contribution >= 0.6 is 0 Å². The molecule has 2 aliphatic rings. The Morgan fingerprint density at radius 2 is 1.97 bits per heavy atom. The van der Waals surface area contributed by atoms with Crippen LogP contribution in [-0.2, 0) is 17.4 Å². The third-order valence-corrected chi connectivity index (χ3v) is 6.54. The fraction of sp³-hybridized carbons (Fsp3) is 0.381. The minimum atomic E-state index is -0.737. The molecule has 0 bridgehead atoms. The van der Waals surface area contributed by atoms with E-state index in [1.807, 2.05) is 36.4 Å². The molecular formula is C21H24N2O5S. The maximum atomic E-state index is 12.6. The standard InChI is InChI=1S/C21H24N2O5S/c1-23(17-7-9-29(25)10-8-17)21(24)22-16-4-2-3-15(11-16)13-26-18-5-6-19-20(12-18)28-14-27-19/h2-6,11-12,17H,7-10,13-14H2,1H3,(H,22,24). The number of carbonyl (C=O) groups excluding carboxylic acids is 1. The summed E-state index contributed by atoms with van der Waals surface area (Å²) >= 11 is 0. The van der Waals surface area contributed by atoms with Crippen molar-refractivity contribution < 1.29 is 23.2 Å². The molecule has 1 fully saturated rings. The topological polar surface area (TPSA) is 77.1 Å². The molecule has 4 rings (SSSR count). The predicted molar refractivity (Wildman–Crippen MR) is 111 cm³/mol. The number of urea groups is 1. The van der Waals surface area contributed by atoms with Crippen LogP contribution in [-0.4, -0.2) is 46.5 Å². The van der Waals surface area contributed by atoms with Gasteiger partial charge in [0.05, 0.1) is 0 Å². The number of nitrogens with one attached hydrogen (secondary N) is 1. The molecule has 0 aromatic heterocycles. The molecule has 1 saturated heterocycles. The van der Waals surface area contributed by atoms with Gasteiger partial charge in [-0.15, -0.1) is 0 Å². The van der Waals surface area contributed by atoms with Crippen LogP contribution in [0.3, 0.4) is 0 Å². The minimum absolute atomic E-state index is 0.130. The summed E-state index contributed by atoms with van der Waals surface area (Å²) in [6, 6.07) is 13.0. The maximum absolute atomic E-state index is 12.6. The van der Waals surface area contributed by atoms with Crippen LogP contribution in [0.25, 0.3) is 0 Å². The molecule has 0 atom stereocenters. The summed E-state index contributed by atoms with van der Waals surface area (Å²) in [5, 5.41) is 2.94. The van der Waals surface area contributed by atoms with Gasteiger partial charge in [-0.2, -0.15) is 0 Å². The molecular weight excluding hydrogens is 392 g/mol. The van der Waals surface area contributed by atoms with Crippen molar-refractivity contribution in [3.8, 4) is 17.2 Å². The fourth-order valence-corrected chi connectivity index (χ4v) is 4.69. The van der Waals surface area contributed by atoms with Crippen molar-refractivity contribution in [1.29, 1.82) is 0 Å². The van der Waals surface area contributed by atoms with E-state index < -0.39 is 10.8 Å². The molecule has 0 aliphatic carbocycles. The Morgan fingerprint density at radius 3 is 2.79 bits per heavy atom. The lowest BCUT2D eigenvalue weighted by molar-refractivity contribution is 0.173. The van der Waals surface area contributed by atoms with Gasteiger partial charge in [-0.25, -0.2) is 4.79 Å². The van der Waals surface area contributed by atoms with Gasteiger partial charge in [-0.1, -0.05) is 12.1 Å². The predicted octanol–water partition coefficient (Wildman–Crippen LogP) is 3.37. The molecule has 2 aliphatic heterocycles. The molecule has 2 aromatic rings.